The molecule has 0 aliphatic rings. The molecule has 3 heteroatoms. The Balaban J connectivity index is 2.05. The first kappa shape index (κ1) is 13.8. The van der Waals surface area contributed by atoms with E-state index in [9.17, 15) is 0 Å². The van der Waals surface area contributed by atoms with Crippen molar-refractivity contribution in [2.45, 2.75) is 26.2 Å². The van der Waals surface area contributed by atoms with Gasteiger partial charge in [0.1, 0.15) is 4.60 Å². The van der Waals surface area contributed by atoms with E-state index in [0.29, 0.717) is 0 Å². The molecule has 0 atom stereocenters. The maximum absolute atomic E-state index is 4.29. The Kier molecular flexibility index (Phi) is 3.43. The van der Waals surface area contributed by atoms with E-state index in [-0.39, 0.29) is 5.41 Å². The summed E-state index contributed by atoms with van der Waals surface area (Å²) in [6, 6.07) is 13.2. The number of rotatable bonds is 1. The quantitative estimate of drug-likeness (QED) is 0.491. The molecule has 0 aliphatic heterocycles. The van der Waals surface area contributed by atoms with E-state index < -0.39 is 0 Å². The smallest absolute Gasteiger partial charge is 0.123 e. The van der Waals surface area contributed by atoms with Crippen LogP contribution < -0.4 is 0 Å². The average molecular weight is 346 g/mol. The van der Waals surface area contributed by atoms with E-state index in [2.05, 4.69) is 78.1 Å². The van der Waals surface area contributed by atoms with Crippen LogP contribution in [0, 0.1) is 0 Å². The summed E-state index contributed by atoms with van der Waals surface area (Å²) in [5.74, 6) is 0. The Morgan fingerprint density at radius 3 is 2.35 bits per heavy atom. The summed E-state index contributed by atoms with van der Waals surface area (Å²) in [6.07, 6.45) is 1.84. The van der Waals surface area contributed by atoms with Gasteiger partial charge in [0.25, 0.3) is 0 Å². The summed E-state index contributed by atoms with van der Waals surface area (Å²) >= 11 is 5.30. The zero-order chi connectivity index (χ0) is 14.3. The summed E-state index contributed by atoms with van der Waals surface area (Å²) in [4.78, 5) is 5.57. The lowest BCUT2D eigenvalue weighted by atomic mass is 9.86. The van der Waals surface area contributed by atoms with Gasteiger partial charge in [0, 0.05) is 11.1 Å². The van der Waals surface area contributed by atoms with Crippen molar-refractivity contribution in [3.63, 3.8) is 0 Å². The van der Waals surface area contributed by atoms with Crippen LogP contribution in [0.4, 0.5) is 0 Å². The van der Waals surface area contributed by atoms with E-state index in [1.807, 2.05) is 6.20 Å². The Morgan fingerprint density at radius 1 is 1.05 bits per heavy atom. The molecule has 0 bridgehead atoms. The Hall–Kier alpha value is -1.19. The third kappa shape index (κ3) is 2.52. The van der Waals surface area contributed by atoms with Gasteiger partial charge in [0.2, 0.25) is 0 Å². The minimum absolute atomic E-state index is 0.200. The Morgan fingerprint density at radius 2 is 1.75 bits per heavy atom. The molecule has 0 saturated carbocycles. The van der Waals surface area contributed by atoms with Crippen molar-refractivity contribution in [1.29, 1.82) is 0 Å². The second kappa shape index (κ2) is 4.97. The fourth-order valence-electron chi connectivity index (χ4n) is 2.21. The molecule has 3 rings (SSSR count). The molecule has 0 fully saturated rings. The molecule has 0 radical (unpaired) electrons. The van der Waals surface area contributed by atoms with Crippen molar-refractivity contribution in [3.8, 4) is 10.4 Å². The molecule has 0 saturated heterocycles. The van der Waals surface area contributed by atoms with Crippen molar-refractivity contribution in [2.24, 2.45) is 0 Å². The Labute approximate surface area is 131 Å². The van der Waals surface area contributed by atoms with Crippen LogP contribution in [0.1, 0.15) is 26.3 Å². The van der Waals surface area contributed by atoms with Gasteiger partial charge in [-0.15, -0.1) is 11.3 Å². The zero-order valence-corrected chi connectivity index (χ0v) is 14.2. The highest BCUT2D eigenvalue weighted by Crippen LogP contribution is 2.37. The van der Waals surface area contributed by atoms with Crippen LogP contribution in [0.3, 0.4) is 0 Å². The first-order valence-electron chi connectivity index (χ1n) is 6.60. The first-order chi connectivity index (χ1) is 9.45. The highest BCUT2D eigenvalue weighted by molar-refractivity contribution is 9.10. The number of pyridine rings is 1. The van der Waals surface area contributed by atoms with Gasteiger partial charge >= 0.3 is 0 Å². The van der Waals surface area contributed by atoms with Crippen LogP contribution in [-0.2, 0) is 5.41 Å². The van der Waals surface area contributed by atoms with Crippen molar-refractivity contribution < 1.29 is 0 Å². The second-order valence-corrected chi connectivity index (χ2v) is 7.76. The number of hydrogen-bond donors (Lipinski definition) is 0. The normalized spacial score (nSPS) is 12.0. The van der Waals surface area contributed by atoms with Crippen LogP contribution in [0.15, 0.2) is 47.2 Å². The van der Waals surface area contributed by atoms with Crippen molar-refractivity contribution in [2.75, 3.05) is 0 Å². The van der Waals surface area contributed by atoms with Gasteiger partial charge in [-0.05, 0) is 50.0 Å². The summed E-state index contributed by atoms with van der Waals surface area (Å²) in [5, 5.41) is 1.24. The first-order valence-corrected chi connectivity index (χ1v) is 8.21. The van der Waals surface area contributed by atoms with Gasteiger partial charge in [0.05, 0.1) is 4.70 Å². The van der Waals surface area contributed by atoms with Crippen LogP contribution in [0.2, 0.25) is 0 Å². The second-order valence-electron chi connectivity index (χ2n) is 5.96. The third-order valence-electron chi connectivity index (χ3n) is 3.43. The van der Waals surface area contributed by atoms with Crippen LogP contribution in [-0.4, -0.2) is 4.98 Å². The standard InChI is InChI=1S/C17H16BrNS/c1-17(2,3)13-6-4-11(5-7-13)14-10-12-8-9-19-16(18)15(12)20-14/h4-10H,1-3H3. The molecule has 0 amide bonds. The fraction of sp³-hybridized carbons (Fsp3) is 0.235. The van der Waals surface area contributed by atoms with Crippen LogP contribution >= 0.6 is 27.3 Å². The van der Waals surface area contributed by atoms with Crippen LogP contribution in [0.25, 0.3) is 20.5 Å². The van der Waals surface area contributed by atoms with E-state index in [4.69, 9.17) is 0 Å². The minimum atomic E-state index is 0.200. The number of hydrogen-bond acceptors (Lipinski definition) is 2. The van der Waals surface area contributed by atoms with Crippen molar-refractivity contribution in [3.05, 3.63) is 52.8 Å². The molecule has 0 unspecified atom stereocenters. The maximum Gasteiger partial charge on any atom is 0.123 e. The summed E-state index contributed by atoms with van der Waals surface area (Å²) in [6.45, 7) is 6.72. The summed E-state index contributed by atoms with van der Waals surface area (Å²) in [7, 11) is 0. The highest BCUT2D eigenvalue weighted by atomic mass is 79.9. The molecule has 2 heterocycles. The monoisotopic (exact) mass is 345 g/mol. The number of halogens is 1. The average Bonchev–Trinajstić information content (AvgIpc) is 2.83. The molecule has 20 heavy (non-hydrogen) atoms. The van der Waals surface area contributed by atoms with E-state index in [0.717, 1.165) is 4.60 Å². The Bertz CT molecular complexity index is 751. The van der Waals surface area contributed by atoms with E-state index in [1.165, 1.54) is 26.1 Å². The molecule has 2 aromatic heterocycles. The lowest BCUT2D eigenvalue weighted by Gasteiger charge is -2.18. The topological polar surface area (TPSA) is 12.9 Å². The highest BCUT2D eigenvalue weighted by Gasteiger charge is 2.14. The van der Waals surface area contributed by atoms with Gasteiger partial charge in [-0.25, -0.2) is 4.98 Å². The SMILES string of the molecule is CC(C)(C)c1ccc(-c2cc3ccnc(Br)c3s2)cc1. The fourth-order valence-corrected chi connectivity index (χ4v) is 3.84. The molecule has 1 nitrogen and oxygen atoms in total. The molecule has 102 valence electrons. The van der Waals surface area contributed by atoms with Gasteiger partial charge in [-0.3, -0.25) is 0 Å². The zero-order valence-electron chi connectivity index (χ0n) is 11.8. The van der Waals surface area contributed by atoms with Crippen molar-refractivity contribution in [1.82, 2.24) is 4.98 Å². The van der Waals surface area contributed by atoms with E-state index >= 15 is 0 Å². The largest absolute Gasteiger partial charge is 0.248 e. The van der Waals surface area contributed by atoms with Gasteiger partial charge in [-0.1, -0.05) is 45.0 Å². The molecule has 0 N–H and O–H groups in total. The molecule has 1 aromatic carbocycles. The lowest BCUT2D eigenvalue weighted by molar-refractivity contribution is 0.590. The number of thiophene rings is 1. The maximum atomic E-state index is 4.29. The molecular formula is C17H16BrNS. The van der Waals surface area contributed by atoms with Crippen molar-refractivity contribution >= 4 is 37.4 Å². The number of fused-ring (bicyclic) bond motifs is 1. The third-order valence-corrected chi connectivity index (χ3v) is 5.50. The lowest BCUT2D eigenvalue weighted by Crippen LogP contribution is -2.10. The molecule has 0 spiro atoms. The predicted molar refractivity (Wildman–Crippen MR) is 91.5 cm³/mol. The van der Waals surface area contributed by atoms with Gasteiger partial charge in [-0.2, -0.15) is 0 Å². The van der Waals surface area contributed by atoms with E-state index in [1.54, 1.807) is 11.3 Å². The molecule has 0 aliphatic carbocycles. The number of benzene rings is 1. The summed E-state index contributed by atoms with van der Waals surface area (Å²) in [5.41, 5.74) is 2.84. The molecule has 3 aromatic rings. The molecular weight excluding hydrogens is 330 g/mol. The number of nitrogens with zero attached hydrogens (tertiary/aromatic N) is 1. The minimum Gasteiger partial charge on any atom is -0.248 e. The predicted octanol–water partition coefficient (Wildman–Crippen LogP) is 6.02. The summed E-state index contributed by atoms with van der Waals surface area (Å²) < 4.78 is 2.14. The van der Waals surface area contributed by atoms with Gasteiger partial charge < -0.3 is 0 Å². The van der Waals surface area contributed by atoms with Gasteiger partial charge in [0.15, 0.2) is 0 Å². The number of aromatic nitrogens is 1. The van der Waals surface area contributed by atoms with Crippen LogP contribution in [0.5, 0.6) is 0 Å².